The van der Waals surface area contributed by atoms with E-state index in [4.69, 9.17) is 9.47 Å². The van der Waals surface area contributed by atoms with Crippen molar-refractivity contribution in [2.75, 3.05) is 33.9 Å². The number of hydrogen-bond donors (Lipinski definition) is 1. The van der Waals surface area contributed by atoms with Crippen molar-refractivity contribution in [3.8, 4) is 11.5 Å². The van der Waals surface area contributed by atoms with E-state index in [2.05, 4.69) is 10.2 Å². The molecule has 0 aromatic heterocycles. The molecule has 4 heteroatoms. The number of rotatable bonds is 3. The molecule has 2 aliphatic rings. The normalized spacial score (nSPS) is 23.2. The van der Waals surface area contributed by atoms with Crippen LogP contribution in [0.3, 0.4) is 0 Å². The minimum absolute atomic E-state index is 0.407. The molecule has 1 saturated heterocycles. The molecule has 1 aromatic rings. The Balaban J connectivity index is 2.01. The fourth-order valence-corrected chi connectivity index (χ4v) is 3.52. The number of benzene rings is 1. The molecule has 20 heavy (non-hydrogen) atoms. The third-order valence-electron chi connectivity index (χ3n) is 4.52. The Morgan fingerprint density at radius 1 is 1.05 bits per heavy atom. The summed E-state index contributed by atoms with van der Waals surface area (Å²) in [4.78, 5) is 2.59. The van der Waals surface area contributed by atoms with E-state index in [1.807, 2.05) is 12.1 Å². The van der Waals surface area contributed by atoms with Gasteiger partial charge in [0, 0.05) is 24.2 Å². The Bertz CT molecular complexity index is 470. The lowest BCUT2D eigenvalue weighted by atomic mass is 9.92. The zero-order chi connectivity index (χ0) is 13.9. The molecule has 0 aliphatic carbocycles. The largest absolute Gasteiger partial charge is 0.496 e. The molecule has 0 saturated carbocycles. The summed E-state index contributed by atoms with van der Waals surface area (Å²) in [5.41, 5.74) is 2.58. The second-order valence-corrected chi connectivity index (χ2v) is 5.61. The van der Waals surface area contributed by atoms with E-state index in [-0.39, 0.29) is 0 Å². The molecule has 110 valence electrons. The van der Waals surface area contributed by atoms with Crippen LogP contribution in [-0.4, -0.2) is 38.8 Å². The standard InChI is InChI=1S/C16H24N2O2/c1-19-14-6-7-15(20-2)16-12(14)10-17-11-13(16)18-8-4-3-5-9-18/h6-7,13,17H,3-5,8-11H2,1-2H3/t13-/m1/s1. The quantitative estimate of drug-likeness (QED) is 0.919. The lowest BCUT2D eigenvalue weighted by Crippen LogP contribution is -2.42. The van der Waals surface area contributed by atoms with Crippen LogP contribution in [0.15, 0.2) is 12.1 Å². The van der Waals surface area contributed by atoms with Gasteiger partial charge in [-0.25, -0.2) is 0 Å². The maximum Gasteiger partial charge on any atom is 0.124 e. The maximum atomic E-state index is 5.62. The Morgan fingerprint density at radius 2 is 1.75 bits per heavy atom. The summed E-state index contributed by atoms with van der Waals surface area (Å²) in [6.07, 6.45) is 3.97. The van der Waals surface area contributed by atoms with Gasteiger partial charge in [-0.3, -0.25) is 4.90 Å². The molecule has 0 bridgehead atoms. The zero-order valence-electron chi connectivity index (χ0n) is 12.4. The van der Waals surface area contributed by atoms with Crippen LogP contribution in [0.25, 0.3) is 0 Å². The van der Waals surface area contributed by atoms with Crippen LogP contribution in [-0.2, 0) is 6.54 Å². The number of piperidine rings is 1. The van der Waals surface area contributed by atoms with Crippen molar-refractivity contribution in [2.24, 2.45) is 0 Å². The van der Waals surface area contributed by atoms with Gasteiger partial charge in [-0.05, 0) is 38.1 Å². The van der Waals surface area contributed by atoms with Crippen molar-refractivity contribution in [3.05, 3.63) is 23.3 Å². The Hall–Kier alpha value is -1.26. The number of ether oxygens (including phenoxy) is 2. The van der Waals surface area contributed by atoms with Gasteiger partial charge in [0.05, 0.1) is 20.3 Å². The summed E-state index contributed by atoms with van der Waals surface area (Å²) in [7, 11) is 3.50. The molecule has 2 heterocycles. The number of hydrogen-bond acceptors (Lipinski definition) is 4. The fraction of sp³-hybridized carbons (Fsp3) is 0.625. The second kappa shape index (κ2) is 6.02. The summed E-state index contributed by atoms with van der Waals surface area (Å²) in [6, 6.07) is 4.46. The topological polar surface area (TPSA) is 33.7 Å². The van der Waals surface area contributed by atoms with Crippen molar-refractivity contribution in [2.45, 2.75) is 31.8 Å². The summed E-state index contributed by atoms with van der Waals surface area (Å²) in [5.74, 6) is 1.97. The van der Waals surface area contributed by atoms with Crippen LogP contribution in [0, 0.1) is 0 Å². The molecular weight excluding hydrogens is 252 g/mol. The van der Waals surface area contributed by atoms with Crippen LogP contribution in [0.5, 0.6) is 11.5 Å². The third kappa shape index (κ3) is 2.38. The molecule has 0 spiro atoms. The van der Waals surface area contributed by atoms with Gasteiger partial charge in [0.15, 0.2) is 0 Å². The van der Waals surface area contributed by atoms with Crippen molar-refractivity contribution < 1.29 is 9.47 Å². The first-order chi connectivity index (χ1) is 9.85. The van der Waals surface area contributed by atoms with Crippen LogP contribution in [0.2, 0.25) is 0 Å². The van der Waals surface area contributed by atoms with E-state index < -0.39 is 0 Å². The van der Waals surface area contributed by atoms with Gasteiger partial charge >= 0.3 is 0 Å². The Labute approximate surface area is 121 Å². The molecule has 3 rings (SSSR count). The predicted octanol–water partition coefficient (Wildman–Crippen LogP) is 2.33. The molecule has 1 N–H and O–H groups in total. The van der Waals surface area contributed by atoms with E-state index >= 15 is 0 Å². The highest BCUT2D eigenvalue weighted by Crippen LogP contribution is 2.40. The molecular formula is C16H24N2O2. The van der Waals surface area contributed by atoms with Crippen molar-refractivity contribution >= 4 is 0 Å². The Kier molecular flexibility index (Phi) is 4.13. The van der Waals surface area contributed by atoms with Crippen molar-refractivity contribution in [1.29, 1.82) is 0 Å². The van der Waals surface area contributed by atoms with E-state index in [0.29, 0.717) is 6.04 Å². The van der Waals surface area contributed by atoms with E-state index in [1.165, 1.54) is 43.5 Å². The van der Waals surface area contributed by atoms with Gasteiger partial charge in [0.25, 0.3) is 0 Å². The van der Waals surface area contributed by atoms with E-state index in [1.54, 1.807) is 14.2 Å². The maximum absolute atomic E-state index is 5.62. The van der Waals surface area contributed by atoms with Crippen molar-refractivity contribution in [1.82, 2.24) is 10.2 Å². The van der Waals surface area contributed by atoms with Gasteiger partial charge in [0.1, 0.15) is 11.5 Å². The monoisotopic (exact) mass is 276 g/mol. The number of methoxy groups -OCH3 is 2. The van der Waals surface area contributed by atoms with Gasteiger partial charge < -0.3 is 14.8 Å². The minimum Gasteiger partial charge on any atom is -0.496 e. The van der Waals surface area contributed by atoms with Crippen LogP contribution < -0.4 is 14.8 Å². The van der Waals surface area contributed by atoms with Gasteiger partial charge in [-0.2, -0.15) is 0 Å². The summed E-state index contributed by atoms with van der Waals surface area (Å²) in [5, 5.41) is 3.54. The van der Waals surface area contributed by atoms with Gasteiger partial charge in [0.2, 0.25) is 0 Å². The van der Waals surface area contributed by atoms with Gasteiger partial charge in [-0.1, -0.05) is 6.42 Å². The average Bonchev–Trinajstić information content (AvgIpc) is 2.54. The third-order valence-corrected chi connectivity index (χ3v) is 4.52. The SMILES string of the molecule is COc1ccc(OC)c2c1CNC[C@H]2N1CCCCC1. The highest BCUT2D eigenvalue weighted by atomic mass is 16.5. The number of fused-ring (bicyclic) bond motifs is 1. The summed E-state index contributed by atoms with van der Waals surface area (Å²) >= 11 is 0. The lowest BCUT2D eigenvalue weighted by molar-refractivity contribution is 0.150. The highest BCUT2D eigenvalue weighted by Gasteiger charge is 2.31. The first kappa shape index (κ1) is 13.7. The first-order valence-electron chi connectivity index (χ1n) is 7.53. The molecule has 4 nitrogen and oxygen atoms in total. The molecule has 1 aromatic carbocycles. The minimum atomic E-state index is 0.407. The number of nitrogens with zero attached hydrogens (tertiary/aromatic N) is 1. The second-order valence-electron chi connectivity index (χ2n) is 5.61. The molecule has 0 radical (unpaired) electrons. The predicted molar refractivity (Wildman–Crippen MR) is 79.4 cm³/mol. The molecule has 0 amide bonds. The van der Waals surface area contributed by atoms with Gasteiger partial charge in [-0.15, -0.1) is 0 Å². The van der Waals surface area contributed by atoms with Crippen LogP contribution >= 0.6 is 0 Å². The molecule has 1 atom stereocenters. The smallest absolute Gasteiger partial charge is 0.124 e. The summed E-state index contributed by atoms with van der Waals surface area (Å²) < 4.78 is 11.2. The van der Waals surface area contributed by atoms with Crippen LogP contribution in [0.1, 0.15) is 36.4 Å². The number of nitrogens with one attached hydrogen (secondary N) is 1. The van der Waals surface area contributed by atoms with E-state index in [9.17, 15) is 0 Å². The number of likely N-dealkylation sites (tertiary alicyclic amines) is 1. The zero-order valence-corrected chi connectivity index (χ0v) is 12.4. The molecule has 0 unspecified atom stereocenters. The van der Waals surface area contributed by atoms with Crippen molar-refractivity contribution in [3.63, 3.8) is 0 Å². The molecule has 1 fully saturated rings. The van der Waals surface area contributed by atoms with Crippen LogP contribution in [0.4, 0.5) is 0 Å². The Morgan fingerprint density at radius 3 is 2.45 bits per heavy atom. The lowest BCUT2D eigenvalue weighted by Gasteiger charge is -2.39. The van der Waals surface area contributed by atoms with E-state index in [0.717, 1.165) is 24.6 Å². The molecule has 2 aliphatic heterocycles. The first-order valence-corrected chi connectivity index (χ1v) is 7.53. The summed E-state index contributed by atoms with van der Waals surface area (Å²) in [6.45, 7) is 4.23. The highest BCUT2D eigenvalue weighted by molar-refractivity contribution is 5.51. The fourth-order valence-electron chi connectivity index (χ4n) is 3.52. The average molecular weight is 276 g/mol.